The lowest BCUT2D eigenvalue weighted by molar-refractivity contribution is 0.111. The molecule has 2 atom stereocenters. The molecule has 1 saturated heterocycles. The Morgan fingerprint density at radius 2 is 2.11 bits per heavy atom. The predicted octanol–water partition coefficient (Wildman–Crippen LogP) is 3.79. The minimum atomic E-state index is -0.182. The second-order valence-corrected chi connectivity index (χ2v) is 6.70. The van der Waals surface area contributed by atoms with Crippen LogP contribution in [0.25, 0.3) is 0 Å². The molecule has 2 unspecified atom stereocenters. The van der Waals surface area contributed by atoms with Crippen LogP contribution in [0.1, 0.15) is 30.2 Å². The average molecular weight is 387 g/mol. The van der Waals surface area contributed by atoms with E-state index in [2.05, 4.69) is 27.2 Å². The third-order valence-corrected chi connectivity index (χ3v) is 4.52. The smallest absolute Gasteiger partial charge is 0.151 e. The summed E-state index contributed by atoms with van der Waals surface area (Å²) in [7, 11) is 0. The summed E-state index contributed by atoms with van der Waals surface area (Å²) in [5, 5.41) is 15.9. The molecule has 1 fully saturated rings. The highest BCUT2D eigenvalue weighted by Crippen LogP contribution is 2.31. The third-order valence-electron chi connectivity index (χ3n) is 4.32. The van der Waals surface area contributed by atoms with Crippen LogP contribution in [-0.2, 0) is 4.84 Å². The van der Waals surface area contributed by atoms with Gasteiger partial charge in [0.2, 0.25) is 0 Å². The molecule has 6 nitrogen and oxygen atoms in total. The summed E-state index contributed by atoms with van der Waals surface area (Å²) < 4.78 is 6.30. The predicted molar refractivity (Wildman–Crippen MR) is 106 cm³/mol. The molecular formula is C20H23ClN4O2. The van der Waals surface area contributed by atoms with E-state index in [9.17, 15) is 0 Å². The van der Waals surface area contributed by atoms with Gasteiger partial charge in [0.25, 0.3) is 0 Å². The van der Waals surface area contributed by atoms with Crippen molar-refractivity contribution < 1.29 is 9.57 Å². The zero-order valence-corrected chi connectivity index (χ0v) is 15.8. The van der Waals surface area contributed by atoms with Crippen molar-refractivity contribution in [3.8, 4) is 5.75 Å². The quantitative estimate of drug-likeness (QED) is 0.323. The number of benzene rings is 1. The summed E-state index contributed by atoms with van der Waals surface area (Å²) in [6, 6.07) is 11.3. The Labute approximate surface area is 164 Å². The van der Waals surface area contributed by atoms with Crippen LogP contribution in [0.3, 0.4) is 0 Å². The Morgan fingerprint density at radius 3 is 2.78 bits per heavy atom. The van der Waals surface area contributed by atoms with Crippen LogP contribution in [0.4, 0.5) is 0 Å². The molecule has 27 heavy (non-hydrogen) atoms. The first kappa shape index (κ1) is 19.3. The van der Waals surface area contributed by atoms with Crippen LogP contribution in [0.15, 0.2) is 54.2 Å². The molecule has 0 aliphatic carbocycles. The van der Waals surface area contributed by atoms with Crippen LogP contribution in [0.2, 0.25) is 5.15 Å². The number of piperidine rings is 1. The molecule has 0 spiro atoms. The maximum Gasteiger partial charge on any atom is 0.151 e. The molecule has 142 valence electrons. The van der Waals surface area contributed by atoms with Crippen molar-refractivity contribution in [2.45, 2.75) is 18.9 Å². The standard InChI is InChI=1S/C20H23ClN4O2/c1-2-12-26-23-13-15-5-7-17(8-6-15)27-20(16-4-3-11-22-14-16)18-9-10-19(21)25-24-18/h2,5-10,13,16,20,22H,1,3-4,11-12,14H2. The van der Waals surface area contributed by atoms with Gasteiger partial charge >= 0.3 is 0 Å². The molecular weight excluding hydrogens is 364 g/mol. The Hall–Kier alpha value is -2.44. The van der Waals surface area contributed by atoms with Crippen molar-refractivity contribution in [3.63, 3.8) is 0 Å². The lowest BCUT2D eigenvalue weighted by Crippen LogP contribution is -2.35. The molecule has 7 heteroatoms. The number of nitrogens with zero attached hydrogens (tertiary/aromatic N) is 3. The van der Waals surface area contributed by atoms with E-state index in [4.69, 9.17) is 21.2 Å². The van der Waals surface area contributed by atoms with Gasteiger partial charge in [0.1, 0.15) is 24.2 Å². The summed E-state index contributed by atoms with van der Waals surface area (Å²) in [6.07, 6.45) is 5.31. The van der Waals surface area contributed by atoms with E-state index in [0.717, 1.165) is 42.9 Å². The SMILES string of the molecule is C=CCON=Cc1ccc(OC(c2ccc(Cl)nn2)C2CCCNC2)cc1. The zero-order valence-electron chi connectivity index (χ0n) is 15.1. The second-order valence-electron chi connectivity index (χ2n) is 6.31. The number of nitrogens with one attached hydrogen (secondary N) is 1. The first-order chi connectivity index (χ1) is 13.3. The molecule has 1 N–H and O–H groups in total. The Kier molecular flexibility index (Phi) is 7.19. The van der Waals surface area contributed by atoms with Crippen LogP contribution >= 0.6 is 11.6 Å². The van der Waals surface area contributed by atoms with Crippen molar-refractivity contribution in [1.29, 1.82) is 0 Å². The monoisotopic (exact) mass is 386 g/mol. The van der Waals surface area contributed by atoms with Gasteiger partial charge < -0.3 is 14.9 Å². The van der Waals surface area contributed by atoms with Crippen molar-refractivity contribution in [2.75, 3.05) is 19.7 Å². The lowest BCUT2D eigenvalue weighted by Gasteiger charge is -2.30. The molecule has 1 aromatic carbocycles. The number of aromatic nitrogens is 2. The highest BCUT2D eigenvalue weighted by Gasteiger charge is 2.28. The number of ether oxygens (including phenoxy) is 1. The van der Waals surface area contributed by atoms with E-state index in [-0.39, 0.29) is 6.10 Å². The normalized spacial score (nSPS) is 18.2. The largest absolute Gasteiger partial charge is 0.484 e. The molecule has 0 saturated carbocycles. The van der Waals surface area contributed by atoms with Crippen molar-refractivity contribution in [2.24, 2.45) is 11.1 Å². The van der Waals surface area contributed by atoms with Gasteiger partial charge in [-0.25, -0.2) is 0 Å². The number of hydrogen-bond acceptors (Lipinski definition) is 6. The number of hydrogen-bond donors (Lipinski definition) is 1. The van der Waals surface area contributed by atoms with Gasteiger partial charge in [-0.3, -0.25) is 0 Å². The molecule has 0 radical (unpaired) electrons. The van der Waals surface area contributed by atoms with E-state index < -0.39 is 0 Å². The maximum atomic E-state index is 6.30. The third kappa shape index (κ3) is 5.77. The van der Waals surface area contributed by atoms with E-state index in [1.54, 1.807) is 18.4 Å². The number of oxime groups is 1. The fourth-order valence-electron chi connectivity index (χ4n) is 2.99. The first-order valence-electron chi connectivity index (χ1n) is 8.99. The van der Waals surface area contributed by atoms with Crippen LogP contribution in [0.5, 0.6) is 5.75 Å². The average Bonchev–Trinajstić information content (AvgIpc) is 2.72. The van der Waals surface area contributed by atoms with Crippen molar-refractivity contribution >= 4 is 17.8 Å². The van der Waals surface area contributed by atoms with E-state index in [0.29, 0.717) is 17.7 Å². The zero-order chi connectivity index (χ0) is 18.9. The molecule has 0 bridgehead atoms. The minimum Gasteiger partial charge on any atom is -0.484 e. The van der Waals surface area contributed by atoms with Crippen LogP contribution < -0.4 is 10.1 Å². The van der Waals surface area contributed by atoms with Crippen molar-refractivity contribution in [1.82, 2.24) is 15.5 Å². The fourth-order valence-corrected chi connectivity index (χ4v) is 3.09. The second kappa shape index (κ2) is 10.0. The maximum absolute atomic E-state index is 6.30. The minimum absolute atomic E-state index is 0.182. The van der Waals surface area contributed by atoms with Gasteiger partial charge in [0.05, 0.1) is 6.21 Å². The Bertz CT molecular complexity index is 744. The highest BCUT2D eigenvalue weighted by atomic mass is 35.5. The molecule has 1 aromatic heterocycles. The summed E-state index contributed by atoms with van der Waals surface area (Å²) in [5.74, 6) is 1.09. The molecule has 3 rings (SSSR count). The summed E-state index contributed by atoms with van der Waals surface area (Å²) >= 11 is 5.89. The summed E-state index contributed by atoms with van der Waals surface area (Å²) in [6.45, 7) is 5.89. The van der Waals surface area contributed by atoms with Gasteiger partial charge in [-0.2, -0.15) is 5.10 Å². The Morgan fingerprint density at radius 1 is 1.26 bits per heavy atom. The van der Waals surface area contributed by atoms with E-state index in [1.807, 2.05) is 30.3 Å². The molecule has 2 heterocycles. The molecule has 0 amide bonds. The summed E-state index contributed by atoms with van der Waals surface area (Å²) in [4.78, 5) is 5.02. The van der Waals surface area contributed by atoms with Gasteiger partial charge in [-0.05, 0) is 61.3 Å². The highest BCUT2D eigenvalue weighted by molar-refractivity contribution is 6.29. The van der Waals surface area contributed by atoms with Gasteiger partial charge in [0, 0.05) is 12.5 Å². The number of halogens is 1. The van der Waals surface area contributed by atoms with E-state index >= 15 is 0 Å². The lowest BCUT2D eigenvalue weighted by atomic mass is 9.91. The summed E-state index contributed by atoms with van der Waals surface area (Å²) in [5.41, 5.74) is 1.71. The van der Waals surface area contributed by atoms with Gasteiger partial charge in [-0.15, -0.1) is 5.10 Å². The van der Waals surface area contributed by atoms with Gasteiger partial charge in [-0.1, -0.05) is 29.4 Å². The van der Waals surface area contributed by atoms with Crippen LogP contribution in [-0.4, -0.2) is 36.1 Å². The van der Waals surface area contributed by atoms with Crippen molar-refractivity contribution in [3.05, 3.63) is 65.5 Å². The molecule has 2 aromatic rings. The first-order valence-corrected chi connectivity index (χ1v) is 9.37. The van der Waals surface area contributed by atoms with Gasteiger partial charge in [0.15, 0.2) is 5.15 Å². The topological polar surface area (TPSA) is 68.6 Å². The Balaban J connectivity index is 1.72. The number of rotatable bonds is 8. The van der Waals surface area contributed by atoms with E-state index in [1.165, 1.54) is 0 Å². The molecule has 1 aliphatic rings. The molecule has 1 aliphatic heterocycles. The fraction of sp³-hybridized carbons (Fsp3) is 0.350. The van der Waals surface area contributed by atoms with Crippen LogP contribution in [0, 0.1) is 5.92 Å².